The van der Waals surface area contributed by atoms with Gasteiger partial charge < -0.3 is 19.3 Å². The summed E-state index contributed by atoms with van der Waals surface area (Å²) in [5.74, 6) is 1.10. The molecule has 3 aromatic rings. The van der Waals surface area contributed by atoms with E-state index in [2.05, 4.69) is 20.7 Å². The van der Waals surface area contributed by atoms with Crippen LogP contribution in [0, 0.1) is 0 Å². The molecule has 0 saturated carbocycles. The number of carbonyl (C=O) groups excluding carboxylic acids is 1. The van der Waals surface area contributed by atoms with Crippen LogP contribution in [-0.2, 0) is 0 Å². The highest BCUT2D eigenvalue weighted by Crippen LogP contribution is 2.32. The number of benzene rings is 2. The van der Waals surface area contributed by atoms with Crippen LogP contribution in [0.25, 0.3) is 11.3 Å². The van der Waals surface area contributed by atoms with Gasteiger partial charge >= 0.3 is 0 Å². The molecule has 1 heterocycles. The molecule has 0 aliphatic heterocycles. The second kappa shape index (κ2) is 9.46. The first-order valence-electron chi connectivity index (χ1n) is 9.12. The van der Waals surface area contributed by atoms with Crippen molar-refractivity contribution in [2.24, 2.45) is 5.10 Å². The van der Waals surface area contributed by atoms with Gasteiger partial charge in [-0.05, 0) is 55.0 Å². The maximum atomic E-state index is 12.3. The molecule has 0 bridgehead atoms. The van der Waals surface area contributed by atoms with Crippen LogP contribution in [0.5, 0.6) is 23.0 Å². The molecule has 9 heteroatoms. The predicted molar refractivity (Wildman–Crippen MR) is 111 cm³/mol. The number of carbonyl (C=O) groups is 1. The van der Waals surface area contributed by atoms with Gasteiger partial charge in [0.2, 0.25) is 0 Å². The number of H-pyrrole nitrogens is 1. The average Bonchev–Trinajstić information content (AvgIpc) is 3.25. The number of hydrazone groups is 1. The summed E-state index contributed by atoms with van der Waals surface area (Å²) in [4.78, 5) is 12.3. The van der Waals surface area contributed by atoms with Crippen molar-refractivity contribution in [1.82, 2.24) is 15.6 Å². The smallest absolute Gasteiger partial charge is 0.289 e. The largest absolute Gasteiger partial charge is 0.504 e. The summed E-state index contributed by atoms with van der Waals surface area (Å²) in [6.07, 6.45) is 1.44. The lowest BCUT2D eigenvalue weighted by molar-refractivity contribution is 0.0950. The number of nitrogens with one attached hydrogen (secondary N) is 2. The van der Waals surface area contributed by atoms with E-state index < -0.39 is 5.91 Å². The Labute approximate surface area is 173 Å². The maximum absolute atomic E-state index is 12.3. The van der Waals surface area contributed by atoms with Gasteiger partial charge in [0, 0.05) is 5.56 Å². The fourth-order valence-corrected chi connectivity index (χ4v) is 2.69. The number of ether oxygens (including phenoxy) is 3. The molecule has 3 rings (SSSR count). The fraction of sp³-hybridized carbons (Fsp3) is 0.190. The first-order chi connectivity index (χ1) is 14.5. The molecule has 0 saturated heterocycles. The van der Waals surface area contributed by atoms with Gasteiger partial charge in [0.1, 0.15) is 5.69 Å². The fourth-order valence-electron chi connectivity index (χ4n) is 2.69. The molecule has 0 aliphatic carbocycles. The minimum Gasteiger partial charge on any atom is -0.504 e. The summed E-state index contributed by atoms with van der Waals surface area (Å²) >= 11 is 0. The van der Waals surface area contributed by atoms with Crippen LogP contribution in [0.4, 0.5) is 0 Å². The number of methoxy groups -OCH3 is 2. The Hall–Kier alpha value is -4.01. The number of phenols is 1. The van der Waals surface area contributed by atoms with E-state index >= 15 is 0 Å². The van der Waals surface area contributed by atoms with Crippen LogP contribution in [0.1, 0.15) is 23.0 Å². The normalized spacial score (nSPS) is 10.8. The van der Waals surface area contributed by atoms with Crippen molar-refractivity contribution in [1.29, 1.82) is 0 Å². The Kier molecular flexibility index (Phi) is 6.53. The molecule has 156 valence electrons. The van der Waals surface area contributed by atoms with Crippen molar-refractivity contribution in [3.63, 3.8) is 0 Å². The quantitative estimate of drug-likeness (QED) is 0.388. The van der Waals surface area contributed by atoms with Crippen molar-refractivity contribution in [2.75, 3.05) is 20.8 Å². The second-order valence-corrected chi connectivity index (χ2v) is 6.10. The van der Waals surface area contributed by atoms with E-state index in [0.29, 0.717) is 35.1 Å². The highest BCUT2D eigenvalue weighted by Gasteiger charge is 2.13. The first-order valence-corrected chi connectivity index (χ1v) is 9.12. The summed E-state index contributed by atoms with van der Waals surface area (Å²) in [5.41, 5.74) is 4.67. The third kappa shape index (κ3) is 4.69. The number of aromatic amines is 1. The molecule has 9 nitrogen and oxygen atoms in total. The Morgan fingerprint density at radius 3 is 2.67 bits per heavy atom. The van der Waals surface area contributed by atoms with Crippen LogP contribution in [-0.4, -0.2) is 48.3 Å². The van der Waals surface area contributed by atoms with Crippen LogP contribution in [0.3, 0.4) is 0 Å². The lowest BCUT2D eigenvalue weighted by atomic mass is 10.1. The van der Waals surface area contributed by atoms with E-state index in [-0.39, 0.29) is 11.4 Å². The number of phenolic OH excluding ortho intramolecular Hbond substituents is 1. The molecule has 0 atom stereocenters. The van der Waals surface area contributed by atoms with E-state index in [4.69, 9.17) is 14.2 Å². The van der Waals surface area contributed by atoms with Crippen molar-refractivity contribution in [2.45, 2.75) is 6.92 Å². The second-order valence-electron chi connectivity index (χ2n) is 6.10. The zero-order valence-electron chi connectivity index (χ0n) is 16.8. The molecule has 1 amide bonds. The minimum absolute atomic E-state index is 0.0228. The third-order valence-corrected chi connectivity index (χ3v) is 4.17. The predicted octanol–water partition coefficient (Wildman–Crippen LogP) is 2.96. The van der Waals surface area contributed by atoms with Gasteiger partial charge in [-0.3, -0.25) is 9.89 Å². The molecule has 0 unspecified atom stereocenters. The number of hydrogen-bond acceptors (Lipinski definition) is 7. The van der Waals surface area contributed by atoms with Crippen molar-refractivity contribution in [3.8, 4) is 34.3 Å². The van der Waals surface area contributed by atoms with Gasteiger partial charge in [0.25, 0.3) is 5.91 Å². The highest BCUT2D eigenvalue weighted by molar-refractivity contribution is 5.94. The topological polar surface area (TPSA) is 118 Å². The summed E-state index contributed by atoms with van der Waals surface area (Å²) in [6.45, 7) is 2.42. The molecule has 0 aliphatic rings. The first kappa shape index (κ1) is 20.7. The third-order valence-electron chi connectivity index (χ3n) is 4.17. The number of hydrogen-bond donors (Lipinski definition) is 3. The van der Waals surface area contributed by atoms with E-state index in [1.807, 2.05) is 13.0 Å². The lowest BCUT2D eigenvalue weighted by Gasteiger charge is -2.09. The van der Waals surface area contributed by atoms with Crippen LogP contribution >= 0.6 is 0 Å². The SMILES string of the molecule is CCOc1ccc(-c2cc(C(=O)N/N=C\c3ccc(O)c(OC)c3)[nH]n2)cc1OC. The minimum atomic E-state index is -0.450. The summed E-state index contributed by atoms with van der Waals surface area (Å²) < 4.78 is 15.9. The van der Waals surface area contributed by atoms with Gasteiger partial charge in [-0.15, -0.1) is 0 Å². The molecule has 1 aromatic heterocycles. The van der Waals surface area contributed by atoms with E-state index in [1.54, 1.807) is 37.4 Å². The number of aromatic nitrogens is 2. The molecule has 0 spiro atoms. The van der Waals surface area contributed by atoms with Gasteiger partial charge in [0.15, 0.2) is 23.0 Å². The lowest BCUT2D eigenvalue weighted by Crippen LogP contribution is -2.18. The van der Waals surface area contributed by atoms with Crippen LogP contribution in [0.2, 0.25) is 0 Å². The summed E-state index contributed by atoms with van der Waals surface area (Å²) in [7, 11) is 3.01. The molecule has 3 N–H and O–H groups in total. The van der Waals surface area contributed by atoms with Crippen molar-refractivity contribution in [3.05, 3.63) is 53.7 Å². The Bertz CT molecular complexity index is 1060. The zero-order valence-corrected chi connectivity index (χ0v) is 16.8. The van der Waals surface area contributed by atoms with Crippen molar-refractivity contribution >= 4 is 12.1 Å². The molecule has 0 fully saturated rings. The molecular formula is C21H22N4O5. The Balaban J connectivity index is 1.69. The van der Waals surface area contributed by atoms with Crippen molar-refractivity contribution < 1.29 is 24.1 Å². The molecule has 0 radical (unpaired) electrons. The standard InChI is InChI=1S/C21H22N4O5/c1-4-30-18-8-6-14(10-20(18)29-3)15-11-16(24-23-15)21(27)25-22-12-13-5-7-17(26)19(9-13)28-2/h5-12,26H,4H2,1-3H3,(H,23,24)(H,25,27)/b22-12-. The number of amides is 1. The monoisotopic (exact) mass is 410 g/mol. The summed E-state index contributed by atoms with van der Waals surface area (Å²) in [5, 5.41) is 20.4. The molecule has 2 aromatic carbocycles. The van der Waals surface area contributed by atoms with E-state index in [0.717, 1.165) is 5.56 Å². The number of nitrogens with zero attached hydrogens (tertiary/aromatic N) is 2. The van der Waals surface area contributed by atoms with Crippen LogP contribution in [0.15, 0.2) is 47.6 Å². The molecular weight excluding hydrogens is 388 g/mol. The van der Waals surface area contributed by atoms with Gasteiger partial charge in [-0.25, -0.2) is 5.43 Å². The Morgan fingerprint density at radius 2 is 1.93 bits per heavy atom. The number of rotatable bonds is 8. The zero-order chi connectivity index (χ0) is 21.5. The summed E-state index contributed by atoms with van der Waals surface area (Å²) in [6, 6.07) is 11.8. The van der Waals surface area contributed by atoms with E-state index in [9.17, 15) is 9.90 Å². The molecule has 30 heavy (non-hydrogen) atoms. The van der Waals surface area contributed by atoms with Gasteiger partial charge in [-0.2, -0.15) is 10.2 Å². The highest BCUT2D eigenvalue weighted by atomic mass is 16.5. The van der Waals surface area contributed by atoms with E-state index in [1.165, 1.54) is 19.4 Å². The maximum Gasteiger partial charge on any atom is 0.289 e. The number of aromatic hydroxyl groups is 1. The Morgan fingerprint density at radius 1 is 1.13 bits per heavy atom. The van der Waals surface area contributed by atoms with Crippen LogP contribution < -0.4 is 19.6 Å². The van der Waals surface area contributed by atoms with Gasteiger partial charge in [-0.1, -0.05) is 0 Å². The van der Waals surface area contributed by atoms with Gasteiger partial charge in [0.05, 0.1) is 32.7 Å². The average molecular weight is 410 g/mol.